The average molecular weight is 285 g/mol. The van der Waals surface area contributed by atoms with Crippen molar-refractivity contribution in [2.75, 3.05) is 6.54 Å². The monoisotopic (exact) mass is 285 g/mol. The number of hydrogen-bond donors (Lipinski definition) is 1. The number of rotatable bonds is 6. The van der Waals surface area contributed by atoms with E-state index in [-0.39, 0.29) is 17.9 Å². The lowest BCUT2D eigenvalue weighted by atomic mass is 10.1. The van der Waals surface area contributed by atoms with Crippen molar-refractivity contribution in [3.05, 3.63) is 29.8 Å². The normalized spacial score (nSPS) is 24.1. The van der Waals surface area contributed by atoms with E-state index >= 15 is 0 Å². The van der Waals surface area contributed by atoms with Gasteiger partial charge in [0.1, 0.15) is 5.75 Å². The van der Waals surface area contributed by atoms with Crippen LogP contribution in [0.1, 0.15) is 38.3 Å². The van der Waals surface area contributed by atoms with Gasteiger partial charge in [0.15, 0.2) is 0 Å². The van der Waals surface area contributed by atoms with Gasteiger partial charge in [0.05, 0.1) is 12.2 Å². The van der Waals surface area contributed by atoms with Crippen LogP contribution in [0.25, 0.3) is 0 Å². The first kappa shape index (κ1) is 15.2. The lowest BCUT2D eigenvalue weighted by Gasteiger charge is -2.20. The molecule has 0 amide bonds. The number of ether oxygens (including phenoxy) is 2. The second kappa shape index (κ2) is 6.99. The third-order valence-electron chi connectivity index (χ3n) is 3.57. The molecular formula is C15H21F2NO2. The molecule has 3 nitrogen and oxygen atoms in total. The molecule has 3 atom stereocenters. The highest BCUT2D eigenvalue weighted by molar-refractivity contribution is 5.35. The first-order valence-corrected chi connectivity index (χ1v) is 6.99. The molecule has 1 aromatic carbocycles. The Morgan fingerprint density at radius 3 is 2.75 bits per heavy atom. The smallest absolute Gasteiger partial charge is 0.387 e. The minimum atomic E-state index is -2.80. The van der Waals surface area contributed by atoms with Crippen LogP contribution in [0.3, 0.4) is 0 Å². The van der Waals surface area contributed by atoms with Crippen molar-refractivity contribution >= 4 is 0 Å². The van der Waals surface area contributed by atoms with Crippen LogP contribution in [0.15, 0.2) is 24.3 Å². The van der Waals surface area contributed by atoms with E-state index in [0.29, 0.717) is 12.6 Å². The number of halogens is 2. The van der Waals surface area contributed by atoms with Gasteiger partial charge in [-0.1, -0.05) is 18.2 Å². The molecule has 0 radical (unpaired) electrons. The van der Waals surface area contributed by atoms with Crippen molar-refractivity contribution < 1.29 is 18.3 Å². The Morgan fingerprint density at radius 2 is 2.10 bits per heavy atom. The molecule has 0 saturated carbocycles. The van der Waals surface area contributed by atoms with Crippen molar-refractivity contribution in [3.8, 4) is 5.75 Å². The maximum absolute atomic E-state index is 12.4. The van der Waals surface area contributed by atoms with Crippen LogP contribution in [0.4, 0.5) is 8.78 Å². The Morgan fingerprint density at radius 1 is 1.35 bits per heavy atom. The molecule has 0 bridgehead atoms. The van der Waals surface area contributed by atoms with Crippen LogP contribution in [-0.4, -0.2) is 25.4 Å². The molecule has 1 saturated heterocycles. The summed E-state index contributed by atoms with van der Waals surface area (Å²) < 4.78 is 35.0. The van der Waals surface area contributed by atoms with Gasteiger partial charge in [0.25, 0.3) is 0 Å². The van der Waals surface area contributed by atoms with Crippen molar-refractivity contribution in [1.29, 1.82) is 0 Å². The topological polar surface area (TPSA) is 30.5 Å². The first-order chi connectivity index (χ1) is 9.56. The lowest BCUT2D eigenvalue weighted by molar-refractivity contribution is -0.0507. The molecule has 1 aliphatic heterocycles. The molecule has 20 heavy (non-hydrogen) atoms. The maximum Gasteiger partial charge on any atom is 0.387 e. The van der Waals surface area contributed by atoms with Crippen molar-refractivity contribution in [2.45, 2.75) is 51.6 Å². The summed E-state index contributed by atoms with van der Waals surface area (Å²) in [5.41, 5.74) is 0.735. The summed E-state index contributed by atoms with van der Waals surface area (Å²) in [7, 11) is 0. The van der Waals surface area contributed by atoms with Crippen molar-refractivity contribution in [3.63, 3.8) is 0 Å². The third kappa shape index (κ3) is 4.15. The predicted molar refractivity (Wildman–Crippen MR) is 73.1 cm³/mol. The summed E-state index contributed by atoms with van der Waals surface area (Å²) in [4.78, 5) is 0. The average Bonchev–Trinajstić information content (AvgIpc) is 2.82. The largest absolute Gasteiger partial charge is 0.434 e. The zero-order valence-corrected chi connectivity index (χ0v) is 11.8. The van der Waals surface area contributed by atoms with Gasteiger partial charge >= 0.3 is 6.61 Å². The molecule has 1 aliphatic rings. The van der Waals surface area contributed by atoms with Crippen LogP contribution in [-0.2, 0) is 4.74 Å². The van der Waals surface area contributed by atoms with Crippen LogP contribution in [0.5, 0.6) is 5.75 Å². The Hall–Kier alpha value is -1.20. The van der Waals surface area contributed by atoms with Gasteiger partial charge < -0.3 is 14.8 Å². The molecule has 2 rings (SSSR count). The molecule has 1 heterocycles. The van der Waals surface area contributed by atoms with E-state index in [2.05, 4.69) is 17.0 Å². The summed E-state index contributed by atoms with van der Waals surface area (Å²) in [5, 5.41) is 3.33. The SMILES string of the molecule is CC1CCC(CNC(C)c2ccccc2OC(F)F)O1. The van der Waals surface area contributed by atoms with E-state index in [1.165, 1.54) is 0 Å². The Kier molecular flexibility index (Phi) is 5.31. The van der Waals surface area contributed by atoms with E-state index in [0.717, 1.165) is 18.4 Å². The van der Waals surface area contributed by atoms with Crippen molar-refractivity contribution in [1.82, 2.24) is 5.32 Å². The molecule has 0 spiro atoms. The highest BCUT2D eigenvalue weighted by Gasteiger charge is 2.22. The molecule has 3 unspecified atom stereocenters. The highest BCUT2D eigenvalue weighted by Crippen LogP contribution is 2.27. The van der Waals surface area contributed by atoms with Crippen LogP contribution in [0, 0.1) is 0 Å². The summed E-state index contributed by atoms with van der Waals surface area (Å²) in [5.74, 6) is 0.225. The zero-order chi connectivity index (χ0) is 14.5. The quantitative estimate of drug-likeness (QED) is 0.867. The fourth-order valence-corrected chi connectivity index (χ4v) is 2.50. The van der Waals surface area contributed by atoms with Gasteiger partial charge in [-0.2, -0.15) is 8.78 Å². The maximum atomic E-state index is 12.4. The fraction of sp³-hybridized carbons (Fsp3) is 0.600. The Balaban J connectivity index is 1.93. The molecule has 1 aromatic rings. The van der Waals surface area contributed by atoms with Crippen LogP contribution >= 0.6 is 0 Å². The summed E-state index contributed by atoms with van der Waals surface area (Å²) in [6.45, 7) is 1.91. The number of para-hydroxylation sites is 1. The van der Waals surface area contributed by atoms with Gasteiger partial charge in [0, 0.05) is 18.2 Å². The summed E-state index contributed by atoms with van der Waals surface area (Å²) in [6.07, 6.45) is 2.63. The molecular weight excluding hydrogens is 264 g/mol. The Labute approximate surface area is 118 Å². The van der Waals surface area contributed by atoms with E-state index in [1.54, 1.807) is 18.2 Å². The number of benzene rings is 1. The minimum Gasteiger partial charge on any atom is -0.434 e. The van der Waals surface area contributed by atoms with E-state index in [9.17, 15) is 8.78 Å². The summed E-state index contributed by atoms with van der Waals surface area (Å²) >= 11 is 0. The van der Waals surface area contributed by atoms with Gasteiger partial charge in [-0.15, -0.1) is 0 Å². The van der Waals surface area contributed by atoms with Crippen molar-refractivity contribution in [2.24, 2.45) is 0 Å². The van der Waals surface area contributed by atoms with E-state index in [1.807, 2.05) is 13.0 Å². The Bertz CT molecular complexity index is 428. The molecule has 1 N–H and O–H groups in total. The van der Waals surface area contributed by atoms with Gasteiger partial charge in [-0.3, -0.25) is 0 Å². The van der Waals surface area contributed by atoms with Crippen LogP contribution in [0.2, 0.25) is 0 Å². The molecule has 1 fully saturated rings. The van der Waals surface area contributed by atoms with Gasteiger partial charge in [-0.25, -0.2) is 0 Å². The number of alkyl halides is 2. The predicted octanol–water partition coefficient (Wildman–Crippen LogP) is 3.51. The van der Waals surface area contributed by atoms with Gasteiger partial charge in [0.2, 0.25) is 0 Å². The van der Waals surface area contributed by atoms with E-state index < -0.39 is 6.61 Å². The number of hydrogen-bond acceptors (Lipinski definition) is 3. The van der Waals surface area contributed by atoms with Gasteiger partial charge in [-0.05, 0) is 32.8 Å². The zero-order valence-electron chi connectivity index (χ0n) is 11.8. The molecule has 112 valence electrons. The van der Waals surface area contributed by atoms with E-state index in [4.69, 9.17) is 4.74 Å². The molecule has 0 aromatic heterocycles. The minimum absolute atomic E-state index is 0.0653. The number of nitrogens with one attached hydrogen (secondary N) is 1. The fourth-order valence-electron chi connectivity index (χ4n) is 2.50. The highest BCUT2D eigenvalue weighted by atomic mass is 19.3. The standard InChI is InChI=1S/C15H21F2NO2/c1-10-7-8-12(19-10)9-18-11(2)13-5-3-4-6-14(13)20-15(16)17/h3-6,10-12,15,18H,7-9H2,1-2H3. The second-order valence-corrected chi connectivity index (χ2v) is 5.19. The third-order valence-corrected chi connectivity index (χ3v) is 3.57. The lowest BCUT2D eigenvalue weighted by Crippen LogP contribution is -2.29. The second-order valence-electron chi connectivity index (χ2n) is 5.19. The first-order valence-electron chi connectivity index (χ1n) is 6.99. The van der Waals surface area contributed by atoms with Crippen LogP contribution < -0.4 is 10.1 Å². The molecule has 5 heteroatoms. The summed E-state index contributed by atoms with van der Waals surface area (Å²) in [6, 6.07) is 6.81. The molecule has 0 aliphatic carbocycles.